The van der Waals surface area contributed by atoms with Crippen molar-refractivity contribution in [1.82, 2.24) is 15.5 Å². The largest absolute Gasteiger partial charge is 0.349 e. The first-order valence-electron chi connectivity index (χ1n) is 12.1. The van der Waals surface area contributed by atoms with E-state index in [1.54, 1.807) is 11.3 Å². The van der Waals surface area contributed by atoms with Crippen molar-refractivity contribution in [2.45, 2.75) is 44.2 Å². The number of hydrogen-bond donors (Lipinski definition) is 2. The number of thiophene rings is 1. The molecule has 2 N–H and O–H groups in total. The molecular formula is C27H29N3O2S. The zero-order valence-electron chi connectivity index (χ0n) is 18.7. The van der Waals surface area contributed by atoms with Crippen molar-refractivity contribution in [2.24, 2.45) is 5.92 Å². The summed E-state index contributed by atoms with van der Waals surface area (Å²) in [6, 6.07) is 17.2. The summed E-state index contributed by atoms with van der Waals surface area (Å²) in [5.41, 5.74) is 3.44. The average molecular weight is 460 g/mol. The van der Waals surface area contributed by atoms with Gasteiger partial charge in [-0.1, -0.05) is 42.5 Å². The minimum Gasteiger partial charge on any atom is -0.349 e. The third-order valence-electron chi connectivity index (χ3n) is 7.60. The topological polar surface area (TPSA) is 61.4 Å². The number of piperidine rings is 4. The number of nitrogens with one attached hydrogen (secondary N) is 2. The Morgan fingerprint density at radius 2 is 1.88 bits per heavy atom. The molecule has 2 bridgehead atoms. The van der Waals surface area contributed by atoms with Gasteiger partial charge in [0.25, 0.3) is 5.91 Å². The molecule has 2 amide bonds. The van der Waals surface area contributed by atoms with Crippen LogP contribution >= 0.6 is 11.3 Å². The van der Waals surface area contributed by atoms with E-state index < -0.39 is 0 Å². The van der Waals surface area contributed by atoms with Crippen molar-refractivity contribution >= 4 is 33.2 Å². The SMILES string of the molecule is O=C1CCCC(c2ccc(-c3cccc4cc(C(=O)NC5CN6CCC5CC6)sc34)cc2)N1. The van der Waals surface area contributed by atoms with Crippen LogP contribution in [0.3, 0.4) is 0 Å². The van der Waals surface area contributed by atoms with Crippen LogP contribution in [-0.2, 0) is 4.79 Å². The second-order valence-corrected chi connectivity index (χ2v) is 10.7. The van der Waals surface area contributed by atoms with Gasteiger partial charge in [0.2, 0.25) is 5.91 Å². The molecule has 4 aliphatic heterocycles. The van der Waals surface area contributed by atoms with Gasteiger partial charge >= 0.3 is 0 Å². The van der Waals surface area contributed by atoms with E-state index in [4.69, 9.17) is 0 Å². The number of carbonyl (C=O) groups is 2. The van der Waals surface area contributed by atoms with Crippen LogP contribution in [0.4, 0.5) is 0 Å². The molecule has 3 aromatic rings. The van der Waals surface area contributed by atoms with Crippen molar-refractivity contribution in [2.75, 3.05) is 19.6 Å². The summed E-state index contributed by atoms with van der Waals surface area (Å²) in [7, 11) is 0. The molecule has 0 radical (unpaired) electrons. The van der Waals surface area contributed by atoms with Gasteiger partial charge in [-0.05, 0) is 72.8 Å². The molecular weight excluding hydrogens is 430 g/mol. The smallest absolute Gasteiger partial charge is 0.261 e. The van der Waals surface area contributed by atoms with Crippen molar-refractivity contribution in [3.63, 3.8) is 0 Å². The van der Waals surface area contributed by atoms with Gasteiger partial charge in [0.15, 0.2) is 0 Å². The van der Waals surface area contributed by atoms with E-state index in [0.29, 0.717) is 12.3 Å². The molecule has 7 rings (SSSR count). The molecule has 4 saturated heterocycles. The van der Waals surface area contributed by atoms with Gasteiger partial charge in [0.05, 0.1) is 10.9 Å². The maximum Gasteiger partial charge on any atom is 0.261 e. The molecule has 5 nitrogen and oxygen atoms in total. The maximum absolute atomic E-state index is 13.1. The lowest BCUT2D eigenvalue weighted by atomic mass is 9.84. The summed E-state index contributed by atoms with van der Waals surface area (Å²) < 4.78 is 1.15. The number of hydrogen-bond acceptors (Lipinski definition) is 4. The lowest BCUT2D eigenvalue weighted by Gasteiger charge is -2.44. The van der Waals surface area contributed by atoms with Crippen molar-refractivity contribution < 1.29 is 9.59 Å². The molecule has 33 heavy (non-hydrogen) atoms. The fraction of sp³-hybridized carbons (Fsp3) is 0.407. The normalized spacial score (nSPS) is 26.8. The molecule has 2 atom stereocenters. The van der Waals surface area contributed by atoms with Crippen LogP contribution in [0.5, 0.6) is 0 Å². The molecule has 4 fully saturated rings. The van der Waals surface area contributed by atoms with Crippen molar-refractivity contribution in [3.8, 4) is 11.1 Å². The van der Waals surface area contributed by atoms with Crippen LogP contribution in [0.2, 0.25) is 0 Å². The van der Waals surface area contributed by atoms with Gasteiger partial charge in [-0.2, -0.15) is 0 Å². The Balaban J connectivity index is 1.23. The second kappa shape index (κ2) is 8.58. The van der Waals surface area contributed by atoms with Crippen LogP contribution < -0.4 is 10.6 Å². The standard InChI is InChI=1S/C27H29N3O2S/c31-25-6-2-5-22(28-25)18-9-7-17(8-10-18)21-4-1-3-20-15-24(33-26(20)21)27(32)29-23-16-30-13-11-19(23)12-14-30/h1,3-4,7-10,15,19,22-23H,2,5-6,11-14,16H2,(H,28,31)(H,29,32). The molecule has 0 aliphatic carbocycles. The fourth-order valence-electron chi connectivity index (χ4n) is 5.72. The first-order valence-corrected chi connectivity index (χ1v) is 12.9. The van der Waals surface area contributed by atoms with E-state index >= 15 is 0 Å². The van der Waals surface area contributed by atoms with Gasteiger partial charge in [0.1, 0.15) is 0 Å². The first-order chi connectivity index (χ1) is 16.1. The first kappa shape index (κ1) is 20.9. The summed E-state index contributed by atoms with van der Waals surface area (Å²) in [6.07, 6.45) is 4.95. The van der Waals surface area contributed by atoms with Crippen molar-refractivity contribution in [3.05, 3.63) is 59.0 Å². The predicted octanol–water partition coefficient (Wildman–Crippen LogP) is 4.73. The molecule has 170 valence electrons. The minimum absolute atomic E-state index is 0.0595. The average Bonchev–Trinajstić information content (AvgIpc) is 3.30. The third kappa shape index (κ3) is 4.06. The van der Waals surface area contributed by atoms with Crippen LogP contribution in [0, 0.1) is 5.92 Å². The predicted molar refractivity (Wildman–Crippen MR) is 132 cm³/mol. The van der Waals surface area contributed by atoms with E-state index in [-0.39, 0.29) is 23.9 Å². The summed E-state index contributed by atoms with van der Waals surface area (Å²) >= 11 is 1.59. The van der Waals surface area contributed by atoms with E-state index in [0.717, 1.165) is 51.0 Å². The zero-order valence-corrected chi connectivity index (χ0v) is 19.5. The van der Waals surface area contributed by atoms with E-state index in [1.807, 2.05) is 6.07 Å². The third-order valence-corrected chi connectivity index (χ3v) is 8.78. The number of benzene rings is 2. The summed E-state index contributed by atoms with van der Waals surface area (Å²) in [5.74, 6) is 0.823. The highest BCUT2D eigenvalue weighted by Gasteiger charge is 2.35. The summed E-state index contributed by atoms with van der Waals surface area (Å²) in [5, 5.41) is 7.54. The summed E-state index contributed by atoms with van der Waals surface area (Å²) in [6.45, 7) is 3.34. The van der Waals surface area contributed by atoms with Crippen molar-refractivity contribution in [1.29, 1.82) is 0 Å². The van der Waals surface area contributed by atoms with E-state index in [9.17, 15) is 9.59 Å². The molecule has 2 unspecified atom stereocenters. The van der Waals surface area contributed by atoms with E-state index in [2.05, 4.69) is 58.0 Å². The van der Waals surface area contributed by atoms with Crippen LogP contribution in [-0.4, -0.2) is 42.4 Å². The van der Waals surface area contributed by atoms with E-state index in [1.165, 1.54) is 25.9 Å². The zero-order chi connectivity index (χ0) is 22.4. The summed E-state index contributed by atoms with van der Waals surface area (Å²) in [4.78, 5) is 28.1. The van der Waals surface area contributed by atoms with Crippen LogP contribution in [0.15, 0.2) is 48.5 Å². The Bertz CT molecular complexity index is 1190. The Morgan fingerprint density at radius 1 is 1.06 bits per heavy atom. The lowest BCUT2D eigenvalue weighted by molar-refractivity contribution is -0.123. The van der Waals surface area contributed by atoms with Gasteiger partial charge < -0.3 is 15.5 Å². The maximum atomic E-state index is 13.1. The molecule has 6 heteroatoms. The molecule has 1 aromatic heterocycles. The highest BCUT2D eigenvalue weighted by molar-refractivity contribution is 7.21. The monoisotopic (exact) mass is 459 g/mol. The van der Waals surface area contributed by atoms with Gasteiger partial charge in [-0.3, -0.25) is 9.59 Å². The molecule has 0 spiro atoms. The van der Waals surface area contributed by atoms with Crippen LogP contribution in [0.1, 0.15) is 53.4 Å². The number of nitrogens with zero attached hydrogens (tertiary/aromatic N) is 1. The fourth-order valence-corrected chi connectivity index (χ4v) is 6.82. The minimum atomic E-state index is 0.0595. The lowest BCUT2D eigenvalue weighted by Crippen LogP contribution is -2.57. The van der Waals surface area contributed by atoms with Gasteiger partial charge in [-0.15, -0.1) is 11.3 Å². The molecule has 0 saturated carbocycles. The van der Waals surface area contributed by atoms with Crippen LogP contribution in [0.25, 0.3) is 21.2 Å². The molecule has 4 aliphatic rings. The highest BCUT2D eigenvalue weighted by Crippen LogP contribution is 2.36. The molecule has 2 aromatic carbocycles. The Kier molecular flexibility index (Phi) is 5.43. The number of rotatable bonds is 4. The quantitative estimate of drug-likeness (QED) is 0.593. The number of fused-ring (bicyclic) bond motifs is 4. The Hall–Kier alpha value is -2.70. The Morgan fingerprint density at radius 3 is 2.61 bits per heavy atom. The Labute approximate surface area is 198 Å². The second-order valence-electron chi connectivity index (χ2n) is 9.69. The van der Waals surface area contributed by atoms with Gasteiger partial charge in [-0.25, -0.2) is 0 Å². The number of amides is 2. The number of carbonyl (C=O) groups excluding carboxylic acids is 2. The van der Waals surface area contributed by atoms with Gasteiger partial charge in [0, 0.05) is 23.7 Å². The highest BCUT2D eigenvalue weighted by atomic mass is 32.1. The molecule has 5 heterocycles.